The Kier molecular flexibility index (Phi) is 8.91. The van der Waals surface area contributed by atoms with E-state index in [1.54, 1.807) is 11.3 Å². The summed E-state index contributed by atoms with van der Waals surface area (Å²) in [6, 6.07) is 9.04. The topological polar surface area (TPSA) is 17.1 Å². The molecule has 0 saturated carbocycles. The molecule has 0 amide bonds. The maximum Gasteiger partial charge on any atom is 0.160 e. The highest BCUT2D eigenvalue weighted by molar-refractivity contribution is 7.27. The Morgan fingerprint density at radius 2 is 1.63 bits per heavy atom. The summed E-state index contributed by atoms with van der Waals surface area (Å²) in [5, 5.41) is 0. The molecule has 162 valence electrons. The molecule has 0 bridgehead atoms. The van der Waals surface area contributed by atoms with Crippen molar-refractivity contribution in [2.24, 2.45) is 0 Å². The zero-order valence-electron chi connectivity index (χ0n) is 18.8. The number of carbonyl (C=O) groups excluding carboxylic acids is 1. The smallest absolute Gasteiger partial charge is 0.160 e. The molecule has 0 fully saturated rings. The molecule has 3 rings (SSSR count). The van der Waals surface area contributed by atoms with E-state index in [9.17, 15) is 4.79 Å². The molecule has 0 aliphatic heterocycles. The zero-order chi connectivity index (χ0) is 21.5. The predicted molar refractivity (Wildman–Crippen MR) is 137 cm³/mol. The first-order valence-corrected chi connectivity index (χ1v) is 13.8. The molecular weight excluding hydrogens is 424 g/mol. The predicted octanol–water partition coefficient (Wildman–Crippen LogP) is 9.74. The van der Waals surface area contributed by atoms with E-state index in [1.165, 1.54) is 74.0 Å². The molecule has 4 heteroatoms. The van der Waals surface area contributed by atoms with Crippen LogP contribution in [0.4, 0.5) is 0 Å². The molecule has 1 nitrogen and oxygen atoms in total. The third-order valence-corrected chi connectivity index (χ3v) is 9.47. The number of rotatable bonds is 12. The molecule has 3 heterocycles. The van der Waals surface area contributed by atoms with Crippen LogP contribution in [-0.2, 0) is 6.42 Å². The SMILES string of the molecule is CCCCCCCC(CC)c1cc(C=O)sc1-c1ccc(-c2sc(C)cc2CC)s1. The molecule has 0 spiro atoms. The first kappa shape index (κ1) is 23.4. The maximum absolute atomic E-state index is 11.6. The number of aldehydes is 1. The lowest BCUT2D eigenvalue weighted by atomic mass is 9.90. The fraction of sp³-hybridized carbons (Fsp3) is 0.500. The van der Waals surface area contributed by atoms with Crippen molar-refractivity contribution in [2.75, 3.05) is 0 Å². The van der Waals surface area contributed by atoms with Gasteiger partial charge in [-0.05, 0) is 67.5 Å². The second kappa shape index (κ2) is 11.4. The Balaban J connectivity index is 1.86. The van der Waals surface area contributed by atoms with Crippen LogP contribution >= 0.6 is 34.0 Å². The van der Waals surface area contributed by atoms with E-state index >= 15 is 0 Å². The summed E-state index contributed by atoms with van der Waals surface area (Å²) in [6.45, 7) is 8.99. The molecular formula is C26H34OS3. The number of aryl methyl sites for hydroxylation is 2. The summed E-state index contributed by atoms with van der Waals surface area (Å²) in [4.78, 5) is 19.2. The Morgan fingerprint density at radius 1 is 0.900 bits per heavy atom. The molecule has 3 aromatic rings. The number of unbranched alkanes of at least 4 members (excludes halogenated alkanes) is 4. The van der Waals surface area contributed by atoms with Gasteiger partial charge in [-0.1, -0.05) is 52.9 Å². The van der Waals surface area contributed by atoms with E-state index in [0.29, 0.717) is 5.92 Å². The van der Waals surface area contributed by atoms with Gasteiger partial charge in [0.05, 0.1) is 4.88 Å². The van der Waals surface area contributed by atoms with E-state index < -0.39 is 0 Å². The van der Waals surface area contributed by atoms with Crippen LogP contribution in [0.25, 0.3) is 19.5 Å². The standard InChI is InChI=1S/C26H34OS3/c1-5-8-9-10-11-12-19(6-2)22-16-21(17-27)29-26(22)24-14-13-23(30-24)25-20(7-3)15-18(4)28-25/h13-17,19H,5-12H2,1-4H3. The van der Waals surface area contributed by atoms with Gasteiger partial charge < -0.3 is 0 Å². The van der Waals surface area contributed by atoms with Gasteiger partial charge >= 0.3 is 0 Å². The molecule has 0 N–H and O–H groups in total. The van der Waals surface area contributed by atoms with E-state index in [4.69, 9.17) is 0 Å². The van der Waals surface area contributed by atoms with Crippen molar-refractivity contribution in [3.63, 3.8) is 0 Å². The van der Waals surface area contributed by atoms with Gasteiger partial charge in [0.1, 0.15) is 0 Å². The van der Waals surface area contributed by atoms with Gasteiger partial charge in [-0.15, -0.1) is 34.0 Å². The lowest BCUT2D eigenvalue weighted by molar-refractivity contribution is 0.112. The number of hydrogen-bond donors (Lipinski definition) is 0. The summed E-state index contributed by atoms with van der Waals surface area (Å²) in [6.07, 6.45) is 11.0. The van der Waals surface area contributed by atoms with Crippen molar-refractivity contribution >= 4 is 40.3 Å². The Bertz CT molecular complexity index is 944. The highest BCUT2D eigenvalue weighted by Crippen LogP contribution is 2.45. The fourth-order valence-corrected chi connectivity index (χ4v) is 7.62. The van der Waals surface area contributed by atoms with Crippen LogP contribution in [-0.4, -0.2) is 6.29 Å². The van der Waals surface area contributed by atoms with Crippen molar-refractivity contribution in [2.45, 2.75) is 85.0 Å². The molecule has 0 aromatic carbocycles. The summed E-state index contributed by atoms with van der Waals surface area (Å²) in [7, 11) is 0. The average molecular weight is 459 g/mol. The second-order valence-electron chi connectivity index (χ2n) is 8.09. The summed E-state index contributed by atoms with van der Waals surface area (Å²) >= 11 is 5.46. The maximum atomic E-state index is 11.6. The minimum absolute atomic E-state index is 0.548. The third kappa shape index (κ3) is 5.52. The number of thiophene rings is 3. The molecule has 0 radical (unpaired) electrons. The molecule has 30 heavy (non-hydrogen) atoms. The third-order valence-electron chi connectivity index (χ3n) is 5.85. The molecule has 1 unspecified atom stereocenters. The van der Waals surface area contributed by atoms with Gasteiger partial charge in [0.25, 0.3) is 0 Å². The Hall–Kier alpha value is -1.23. The van der Waals surface area contributed by atoms with E-state index in [2.05, 4.69) is 52.0 Å². The minimum atomic E-state index is 0.548. The van der Waals surface area contributed by atoms with Gasteiger partial charge in [0.2, 0.25) is 0 Å². The van der Waals surface area contributed by atoms with Gasteiger partial charge in [-0.2, -0.15) is 0 Å². The van der Waals surface area contributed by atoms with Crippen LogP contribution in [0, 0.1) is 6.92 Å². The van der Waals surface area contributed by atoms with Crippen LogP contribution in [0.3, 0.4) is 0 Å². The largest absolute Gasteiger partial charge is 0.297 e. The number of hydrogen-bond acceptors (Lipinski definition) is 4. The highest BCUT2D eigenvalue weighted by Gasteiger charge is 2.20. The number of carbonyl (C=O) groups is 1. The second-order valence-corrected chi connectivity index (χ2v) is 11.5. The molecule has 0 aliphatic rings. The summed E-state index contributed by atoms with van der Waals surface area (Å²) in [5.41, 5.74) is 2.84. The first-order valence-electron chi connectivity index (χ1n) is 11.4. The Morgan fingerprint density at radius 3 is 2.30 bits per heavy atom. The molecule has 0 saturated heterocycles. The van der Waals surface area contributed by atoms with Crippen molar-refractivity contribution in [3.05, 3.63) is 45.1 Å². The van der Waals surface area contributed by atoms with E-state index in [1.807, 2.05) is 22.7 Å². The zero-order valence-corrected chi connectivity index (χ0v) is 21.2. The first-order chi connectivity index (χ1) is 14.6. The van der Waals surface area contributed by atoms with Gasteiger partial charge in [0.15, 0.2) is 6.29 Å². The summed E-state index contributed by atoms with van der Waals surface area (Å²) < 4.78 is 0. The van der Waals surface area contributed by atoms with Crippen molar-refractivity contribution in [3.8, 4) is 19.5 Å². The van der Waals surface area contributed by atoms with Crippen LogP contribution in [0.1, 0.15) is 97.3 Å². The monoisotopic (exact) mass is 458 g/mol. The highest BCUT2D eigenvalue weighted by atomic mass is 32.1. The summed E-state index contributed by atoms with van der Waals surface area (Å²) in [5.74, 6) is 0.548. The van der Waals surface area contributed by atoms with Gasteiger partial charge in [-0.25, -0.2) is 0 Å². The quantitative estimate of drug-likeness (QED) is 0.195. The normalized spacial score (nSPS) is 12.4. The van der Waals surface area contributed by atoms with E-state index in [0.717, 1.165) is 24.0 Å². The van der Waals surface area contributed by atoms with Crippen LogP contribution in [0.15, 0.2) is 24.3 Å². The van der Waals surface area contributed by atoms with Gasteiger partial charge in [-0.3, -0.25) is 4.79 Å². The van der Waals surface area contributed by atoms with Crippen LogP contribution < -0.4 is 0 Å². The molecule has 3 aromatic heterocycles. The van der Waals surface area contributed by atoms with Crippen molar-refractivity contribution < 1.29 is 4.79 Å². The van der Waals surface area contributed by atoms with Crippen LogP contribution in [0.5, 0.6) is 0 Å². The lowest BCUT2D eigenvalue weighted by Gasteiger charge is -2.15. The van der Waals surface area contributed by atoms with Crippen molar-refractivity contribution in [1.82, 2.24) is 0 Å². The lowest BCUT2D eigenvalue weighted by Crippen LogP contribution is -1.97. The molecule has 1 atom stereocenters. The molecule has 0 aliphatic carbocycles. The van der Waals surface area contributed by atoms with Crippen molar-refractivity contribution in [1.29, 1.82) is 0 Å². The average Bonchev–Trinajstić information content (AvgIpc) is 3.47. The fourth-order valence-electron chi connectivity index (χ4n) is 4.17. The van der Waals surface area contributed by atoms with Gasteiger partial charge in [0, 0.05) is 24.4 Å². The van der Waals surface area contributed by atoms with Crippen LogP contribution in [0.2, 0.25) is 0 Å². The Labute approximate surface area is 194 Å². The van der Waals surface area contributed by atoms with E-state index in [-0.39, 0.29) is 0 Å². The minimum Gasteiger partial charge on any atom is -0.297 e.